The van der Waals surface area contributed by atoms with Crippen LogP contribution in [0.1, 0.15) is 79.2 Å². The van der Waals surface area contributed by atoms with E-state index in [0.29, 0.717) is 12.8 Å². The lowest BCUT2D eigenvalue weighted by atomic mass is 9.51. The quantitative estimate of drug-likeness (QED) is 0.526. The molecule has 5 heteroatoms. The molecule has 1 aliphatic carbocycles. The van der Waals surface area contributed by atoms with Gasteiger partial charge in [-0.25, -0.2) is 0 Å². The highest BCUT2D eigenvalue weighted by molar-refractivity contribution is 6.79. The van der Waals surface area contributed by atoms with E-state index in [2.05, 4.69) is 50.4 Å². The van der Waals surface area contributed by atoms with Crippen LogP contribution in [0.25, 0.3) is 10.9 Å². The lowest BCUT2D eigenvalue weighted by Gasteiger charge is -2.53. The zero-order valence-corrected chi connectivity index (χ0v) is 21.7. The van der Waals surface area contributed by atoms with E-state index in [9.17, 15) is 15.0 Å². The molecule has 172 valence electrons. The molecule has 2 N–H and O–H groups in total. The maximum Gasteiger partial charge on any atom is 0.317 e. The molecule has 1 saturated carbocycles. The molecule has 0 amide bonds. The number of rotatable bonds is 4. The standard InChI is InChI=1S/C26H41NO3Si/c1-23(2,3)26(22(28)29,25(30)16-12-9-13-17-25)20-18-27(31(7,8)24(4,5)6)21-15-11-10-14-19(20)21/h10-11,14-15,18,30H,9,12-13,16-17H2,1-8H3,(H,28,29). The third-order valence-corrected chi connectivity index (χ3v) is 13.6. The maximum absolute atomic E-state index is 13.3. The average Bonchev–Trinajstić information content (AvgIpc) is 3.00. The summed E-state index contributed by atoms with van der Waals surface area (Å²) in [4.78, 5) is 13.3. The van der Waals surface area contributed by atoms with E-state index >= 15 is 0 Å². The third kappa shape index (κ3) is 3.39. The first-order valence-corrected chi connectivity index (χ1v) is 14.6. The molecule has 1 heterocycles. The molecule has 1 aliphatic rings. The Balaban J connectivity index is 2.47. The number of aromatic nitrogens is 1. The first-order chi connectivity index (χ1) is 14.1. The Morgan fingerprint density at radius 1 is 1.00 bits per heavy atom. The fourth-order valence-corrected chi connectivity index (χ4v) is 7.77. The summed E-state index contributed by atoms with van der Waals surface area (Å²) < 4.78 is 2.38. The number of aliphatic hydroxyl groups is 1. The SMILES string of the molecule is CC(C)(C)C(C(=O)O)(c1cn([Si](C)(C)C(C)(C)C)c2ccccc12)C1(O)CCCCC1. The van der Waals surface area contributed by atoms with Gasteiger partial charge in [-0.05, 0) is 34.9 Å². The van der Waals surface area contributed by atoms with Gasteiger partial charge in [0.15, 0.2) is 8.24 Å². The van der Waals surface area contributed by atoms with Crippen molar-refractivity contribution in [2.24, 2.45) is 5.41 Å². The van der Waals surface area contributed by atoms with Gasteiger partial charge in [-0.15, -0.1) is 0 Å². The Labute approximate surface area is 188 Å². The van der Waals surface area contributed by atoms with E-state index in [1.165, 1.54) is 0 Å². The zero-order valence-electron chi connectivity index (χ0n) is 20.7. The summed E-state index contributed by atoms with van der Waals surface area (Å²) in [5.41, 5.74) is -1.49. The lowest BCUT2D eigenvalue weighted by Crippen LogP contribution is -2.64. The van der Waals surface area contributed by atoms with Crippen LogP contribution in [-0.4, -0.2) is 34.3 Å². The molecule has 0 bridgehead atoms. The Morgan fingerprint density at radius 2 is 1.55 bits per heavy atom. The summed E-state index contributed by atoms with van der Waals surface area (Å²) in [7, 11) is -2.03. The molecule has 1 aromatic carbocycles. The molecule has 1 unspecified atom stereocenters. The van der Waals surface area contributed by atoms with Crippen molar-refractivity contribution in [3.05, 3.63) is 36.0 Å². The number of aliphatic carboxylic acids is 1. The fourth-order valence-electron chi connectivity index (χ4n) is 5.80. The number of para-hydroxylation sites is 1. The third-order valence-electron chi connectivity index (χ3n) is 8.38. The number of carbonyl (C=O) groups is 1. The minimum absolute atomic E-state index is 0.0847. The summed E-state index contributed by atoms with van der Waals surface area (Å²) in [6.07, 6.45) is 5.93. The number of fused-ring (bicyclic) bond motifs is 1. The van der Waals surface area contributed by atoms with Gasteiger partial charge in [0, 0.05) is 17.1 Å². The van der Waals surface area contributed by atoms with Gasteiger partial charge in [-0.3, -0.25) is 4.79 Å². The van der Waals surface area contributed by atoms with Crippen molar-refractivity contribution in [2.75, 3.05) is 0 Å². The molecule has 1 atom stereocenters. The van der Waals surface area contributed by atoms with Gasteiger partial charge >= 0.3 is 5.97 Å². The molecule has 3 rings (SSSR count). The van der Waals surface area contributed by atoms with E-state index in [-0.39, 0.29) is 5.04 Å². The normalized spacial score (nSPS) is 19.9. The Kier molecular flexibility index (Phi) is 5.81. The van der Waals surface area contributed by atoms with Gasteiger partial charge in [0.1, 0.15) is 5.41 Å². The van der Waals surface area contributed by atoms with Crippen molar-refractivity contribution in [1.29, 1.82) is 0 Å². The van der Waals surface area contributed by atoms with Crippen molar-refractivity contribution in [1.82, 2.24) is 4.23 Å². The van der Waals surface area contributed by atoms with Gasteiger partial charge < -0.3 is 14.4 Å². The van der Waals surface area contributed by atoms with Crippen LogP contribution in [0.2, 0.25) is 18.1 Å². The summed E-state index contributed by atoms with van der Waals surface area (Å²) in [5.74, 6) is -0.914. The molecule has 0 saturated heterocycles. The molecule has 0 radical (unpaired) electrons. The molecular weight excluding hydrogens is 402 g/mol. The highest BCUT2D eigenvalue weighted by atomic mass is 28.3. The predicted octanol–water partition coefficient (Wildman–Crippen LogP) is 6.56. The van der Waals surface area contributed by atoms with Gasteiger partial charge in [-0.2, -0.15) is 0 Å². The van der Waals surface area contributed by atoms with Crippen LogP contribution in [0, 0.1) is 5.41 Å². The van der Waals surface area contributed by atoms with Crippen LogP contribution in [-0.2, 0) is 10.2 Å². The van der Waals surface area contributed by atoms with E-state index < -0.39 is 30.6 Å². The Morgan fingerprint density at radius 3 is 2.03 bits per heavy atom. The second kappa shape index (κ2) is 7.48. The van der Waals surface area contributed by atoms with Crippen molar-refractivity contribution >= 4 is 25.1 Å². The highest BCUT2D eigenvalue weighted by Crippen LogP contribution is 2.56. The first kappa shape index (κ1) is 24.1. The minimum Gasteiger partial charge on any atom is -0.480 e. The van der Waals surface area contributed by atoms with Gasteiger partial charge in [0.05, 0.1) is 5.60 Å². The summed E-state index contributed by atoms with van der Waals surface area (Å²) in [6.45, 7) is 17.4. The molecule has 0 spiro atoms. The predicted molar refractivity (Wildman–Crippen MR) is 131 cm³/mol. The summed E-state index contributed by atoms with van der Waals surface area (Å²) in [5, 5.41) is 24.0. The second-order valence-electron chi connectivity index (χ2n) is 12.1. The molecule has 1 aromatic heterocycles. The monoisotopic (exact) mass is 443 g/mol. The molecular formula is C26H41NO3Si. The topological polar surface area (TPSA) is 62.5 Å². The minimum atomic E-state index is -2.03. The second-order valence-corrected chi connectivity index (χ2v) is 17.2. The number of hydrogen-bond acceptors (Lipinski definition) is 2. The van der Waals surface area contributed by atoms with Crippen molar-refractivity contribution in [3.8, 4) is 0 Å². The van der Waals surface area contributed by atoms with Gasteiger partial charge in [-0.1, -0.05) is 92.1 Å². The van der Waals surface area contributed by atoms with Crippen molar-refractivity contribution in [3.63, 3.8) is 0 Å². The number of nitrogens with zero attached hydrogens (tertiary/aromatic N) is 1. The molecule has 31 heavy (non-hydrogen) atoms. The smallest absolute Gasteiger partial charge is 0.317 e. The molecule has 0 aliphatic heterocycles. The van der Waals surface area contributed by atoms with Crippen LogP contribution in [0.4, 0.5) is 0 Å². The van der Waals surface area contributed by atoms with Crippen LogP contribution in [0.15, 0.2) is 30.5 Å². The van der Waals surface area contributed by atoms with E-state index in [0.717, 1.165) is 35.7 Å². The molecule has 4 nitrogen and oxygen atoms in total. The van der Waals surface area contributed by atoms with Gasteiger partial charge in [0.25, 0.3) is 0 Å². The van der Waals surface area contributed by atoms with E-state index in [1.54, 1.807) is 0 Å². The highest BCUT2D eigenvalue weighted by Gasteiger charge is 2.64. The molecule has 1 fully saturated rings. The van der Waals surface area contributed by atoms with Crippen molar-refractivity contribution in [2.45, 2.75) is 103 Å². The van der Waals surface area contributed by atoms with Gasteiger partial charge in [0.2, 0.25) is 0 Å². The number of carboxylic acids is 1. The van der Waals surface area contributed by atoms with Crippen LogP contribution >= 0.6 is 0 Å². The fraction of sp³-hybridized carbons (Fsp3) is 0.654. The Bertz CT molecular complexity index is 971. The molecule has 2 aromatic rings. The maximum atomic E-state index is 13.3. The zero-order chi connectivity index (χ0) is 23.5. The number of carboxylic acid groups (broad SMARTS) is 1. The first-order valence-electron chi connectivity index (χ1n) is 11.7. The van der Waals surface area contributed by atoms with Crippen molar-refractivity contribution < 1.29 is 15.0 Å². The number of hydrogen-bond donors (Lipinski definition) is 2. The van der Waals surface area contributed by atoms with Crippen LogP contribution < -0.4 is 0 Å². The average molecular weight is 444 g/mol. The van der Waals surface area contributed by atoms with Crippen LogP contribution in [0.5, 0.6) is 0 Å². The van der Waals surface area contributed by atoms with E-state index in [4.69, 9.17) is 0 Å². The van der Waals surface area contributed by atoms with E-state index in [1.807, 2.05) is 39.0 Å². The lowest BCUT2D eigenvalue weighted by molar-refractivity contribution is -0.173. The van der Waals surface area contributed by atoms with Crippen LogP contribution in [0.3, 0.4) is 0 Å². The largest absolute Gasteiger partial charge is 0.480 e. The Hall–Kier alpha value is -1.59. The summed E-state index contributed by atoms with van der Waals surface area (Å²) in [6, 6.07) is 8.18. The summed E-state index contributed by atoms with van der Waals surface area (Å²) >= 11 is 0. The number of benzene rings is 1.